The summed E-state index contributed by atoms with van der Waals surface area (Å²) in [6.45, 7) is 33.7. The van der Waals surface area contributed by atoms with Crippen LogP contribution in [0, 0.1) is 40.4 Å². The summed E-state index contributed by atoms with van der Waals surface area (Å²) in [7, 11) is 0. The van der Waals surface area contributed by atoms with E-state index in [4.69, 9.17) is 37.9 Å². The first-order valence-corrected chi connectivity index (χ1v) is 35.0. The van der Waals surface area contributed by atoms with Gasteiger partial charge in [0, 0.05) is 70.9 Å². The molecule has 88 heavy (non-hydrogen) atoms. The molecule has 512 valence electrons. The van der Waals surface area contributed by atoms with Gasteiger partial charge in [-0.15, -0.1) is 0 Å². The highest BCUT2D eigenvalue weighted by Gasteiger charge is 2.30. The maximum absolute atomic E-state index is 13.7. The van der Waals surface area contributed by atoms with Crippen LogP contribution >= 0.6 is 0 Å². The zero-order valence-electron chi connectivity index (χ0n) is 58.0. The van der Waals surface area contributed by atoms with E-state index in [1.807, 2.05) is 0 Å². The second-order valence-electron chi connectivity index (χ2n) is 27.5. The standard InChI is InChI=1S/C72H131N3O13/c1-57(27-29-66-61(5)24-16-33-71(66,8)9)20-14-22-59(3)54-65(77)56-64(26-12-13-35-74-69(79)55-60(4)23-15-21-58(2)28-30-67-62(6)25-17-34-72(67,10)11)70(80)75-37-19-39-82-43-47-85-46-42-81-38-18-36-73-68(78)32-41-84-45-49-87-51-53-88-52-50-86-48-44-83-40-31-63(7)76/h57-60,64H,12-56H2,1-11H3,(H,73,78)(H,74,79)(H,75,80)/t57?,58?,59?,60?,64-/m1/s1. The van der Waals surface area contributed by atoms with Gasteiger partial charge in [0.05, 0.1) is 92.5 Å². The van der Waals surface area contributed by atoms with Gasteiger partial charge in [-0.2, -0.15) is 0 Å². The highest BCUT2D eigenvalue weighted by molar-refractivity contribution is 5.87. The number of amides is 3. The molecule has 2 aliphatic carbocycles. The predicted octanol–water partition coefficient (Wildman–Crippen LogP) is 13.6. The van der Waals surface area contributed by atoms with Gasteiger partial charge < -0.3 is 53.8 Å². The fraction of sp³-hybridized carbons (Fsp3) is 0.875. The summed E-state index contributed by atoms with van der Waals surface area (Å²) in [5, 5.41) is 9.13. The number of carbonyl (C=O) groups excluding carboxylic acids is 5. The van der Waals surface area contributed by atoms with Crippen molar-refractivity contribution in [1.82, 2.24) is 16.0 Å². The molecule has 16 nitrogen and oxygen atoms in total. The Labute approximate surface area is 536 Å². The SMILES string of the molecule is CC(=O)CCOCCOCCOCCOCCOCCC(=O)NCCCOCCOCCOCCCNC(=O)[C@H](CCCCNC(=O)CC(C)CCCC(C)CCC1=C(C)CCCC1(C)C)CC(=O)CC(C)CCCC(C)CCC1=C(C)CCCC1(C)C. The van der Waals surface area contributed by atoms with Crippen molar-refractivity contribution in [3.63, 3.8) is 0 Å². The minimum absolute atomic E-state index is 0.0711. The Bertz CT molecular complexity index is 1940. The zero-order valence-corrected chi connectivity index (χ0v) is 58.0. The fourth-order valence-corrected chi connectivity index (χ4v) is 12.5. The quantitative estimate of drug-likeness (QED) is 0.0385. The van der Waals surface area contributed by atoms with E-state index in [2.05, 4.69) is 85.2 Å². The molecule has 0 aliphatic heterocycles. The topological polar surface area (TPSA) is 195 Å². The van der Waals surface area contributed by atoms with Gasteiger partial charge in [-0.05, 0) is 145 Å². The van der Waals surface area contributed by atoms with Crippen LogP contribution in [0.3, 0.4) is 0 Å². The third-order valence-corrected chi connectivity index (χ3v) is 18.0. The van der Waals surface area contributed by atoms with Gasteiger partial charge in [0.1, 0.15) is 11.6 Å². The Balaban J connectivity index is 1.59. The lowest BCUT2D eigenvalue weighted by Crippen LogP contribution is -2.33. The monoisotopic (exact) mass is 1250 g/mol. The van der Waals surface area contributed by atoms with Crippen molar-refractivity contribution in [2.45, 2.75) is 243 Å². The number of unbranched alkanes of at least 4 members (excludes halogenated alkanes) is 1. The van der Waals surface area contributed by atoms with E-state index < -0.39 is 5.92 Å². The molecule has 2 rings (SSSR count). The molecule has 0 heterocycles. The first-order valence-electron chi connectivity index (χ1n) is 35.0. The maximum Gasteiger partial charge on any atom is 0.223 e. The van der Waals surface area contributed by atoms with Crippen LogP contribution in [0.4, 0.5) is 0 Å². The van der Waals surface area contributed by atoms with E-state index in [-0.39, 0.29) is 48.0 Å². The zero-order chi connectivity index (χ0) is 64.7. The Hall–Kier alpha value is -3.09. The molecule has 3 amide bonds. The number of ether oxygens (including phenoxy) is 8. The van der Waals surface area contributed by atoms with Crippen molar-refractivity contribution in [2.24, 2.45) is 40.4 Å². The van der Waals surface area contributed by atoms with E-state index >= 15 is 0 Å². The number of allylic oxidation sites excluding steroid dienone is 4. The van der Waals surface area contributed by atoms with E-state index in [0.717, 1.165) is 38.5 Å². The summed E-state index contributed by atoms with van der Waals surface area (Å²) in [6, 6.07) is 0. The van der Waals surface area contributed by atoms with Gasteiger partial charge in [0.15, 0.2) is 0 Å². The Morgan fingerprint density at radius 2 is 0.795 bits per heavy atom. The first kappa shape index (κ1) is 81.0. The number of carbonyl (C=O) groups is 5. The first-order chi connectivity index (χ1) is 42.2. The number of Topliss-reactive ketones (excluding diaryl/α,β-unsaturated/α-hetero) is 2. The molecule has 2 aliphatic rings. The number of hydrogen-bond acceptors (Lipinski definition) is 13. The summed E-state index contributed by atoms with van der Waals surface area (Å²) in [5.41, 5.74) is 7.28. The van der Waals surface area contributed by atoms with E-state index in [1.54, 1.807) is 29.2 Å². The molecule has 0 bridgehead atoms. The summed E-state index contributed by atoms with van der Waals surface area (Å²) in [6.07, 6.45) is 24.8. The predicted molar refractivity (Wildman–Crippen MR) is 354 cm³/mol. The molecule has 3 N–H and O–H groups in total. The molecule has 0 aromatic rings. The molecular weight excluding hydrogens is 1110 g/mol. The van der Waals surface area contributed by atoms with E-state index in [0.29, 0.717) is 192 Å². The van der Waals surface area contributed by atoms with Crippen molar-refractivity contribution >= 4 is 29.3 Å². The molecule has 0 radical (unpaired) electrons. The summed E-state index contributed by atoms with van der Waals surface area (Å²) >= 11 is 0. The molecule has 5 atom stereocenters. The lowest BCUT2D eigenvalue weighted by Gasteiger charge is -2.35. The van der Waals surface area contributed by atoms with Gasteiger partial charge in [-0.3, -0.25) is 24.0 Å². The molecule has 0 saturated heterocycles. The average molecular weight is 1250 g/mol. The fourth-order valence-electron chi connectivity index (χ4n) is 12.5. The van der Waals surface area contributed by atoms with Crippen molar-refractivity contribution in [1.29, 1.82) is 0 Å². The number of ketones is 2. The molecule has 0 saturated carbocycles. The van der Waals surface area contributed by atoms with Gasteiger partial charge in [-0.25, -0.2) is 0 Å². The van der Waals surface area contributed by atoms with Gasteiger partial charge in [0.25, 0.3) is 0 Å². The van der Waals surface area contributed by atoms with Crippen molar-refractivity contribution in [3.8, 4) is 0 Å². The van der Waals surface area contributed by atoms with Gasteiger partial charge in [0.2, 0.25) is 17.7 Å². The second-order valence-corrected chi connectivity index (χ2v) is 27.5. The lowest BCUT2D eigenvalue weighted by molar-refractivity contribution is -0.130. The second kappa shape index (κ2) is 50.5. The van der Waals surface area contributed by atoms with Crippen molar-refractivity contribution < 1.29 is 61.9 Å². The summed E-state index contributed by atoms with van der Waals surface area (Å²) in [4.78, 5) is 63.2. The molecule has 0 aromatic carbocycles. The average Bonchev–Trinajstić information content (AvgIpc) is 2.64. The molecule has 0 fully saturated rings. The minimum Gasteiger partial charge on any atom is -0.379 e. The minimum atomic E-state index is -0.396. The Morgan fingerprint density at radius 3 is 1.25 bits per heavy atom. The Morgan fingerprint density at radius 1 is 0.409 bits per heavy atom. The normalized spacial score (nSPS) is 16.7. The van der Waals surface area contributed by atoms with E-state index in [1.165, 1.54) is 77.0 Å². The molecule has 0 aromatic heterocycles. The van der Waals surface area contributed by atoms with Crippen LogP contribution in [0.25, 0.3) is 0 Å². The number of nitrogens with one attached hydrogen (secondary N) is 3. The van der Waals surface area contributed by atoms with Crippen LogP contribution < -0.4 is 16.0 Å². The maximum atomic E-state index is 13.7. The number of hydrogen-bond donors (Lipinski definition) is 3. The Kier molecular flexibility index (Phi) is 46.5. The molecule has 4 unspecified atom stereocenters. The van der Waals surface area contributed by atoms with Crippen LogP contribution in [-0.2, 0) is 61.9 Å². The third-order valence-electron chi connectivity index (χ3n) is 18.0. The highest BCUT2D eigenvalue weighted by atomic mass is 16.6. The van der Waals surface area contributed by atoms with Crippen LogP contribution in [0.5, 0.6) is 0 Å². The molecule has 16 heteroatoms. The highest BCUT2D eigenvalue weighted by Crippen LogP contribution is 2.44. The largest absolute Gasteiger partial charge is 0.379 e. The number of rotatable bonds is 58. The van der Waals surface area contributed by atoms with Crippen LogP contribution in [0.1, 0.15) is 243 Å². The van der Waals surface area contributed by atoms with Crippen LogP contribution in [-0.4, -0.2) is 155 Å². The lowest BCUT2D eigenvalue weighted by atomic mass is 9.70. The summed E-state index contributed by atoms with van der Waals surface area (Å²) < 4.78 is 44.2. The smallest absolute Gasteiger partial charge is 0.223 e. The van der Waals surface area contributed by atoms with Crippen molar-refractivity contribution in [3.05, 3.63) is 22.3 Å². The van der Waals surface area contributed by atoms with E-state index in [9.17, 15) is 24.0 Å². The summed E-state index contributed by atoms with van der Waals surface area (Å²) in [5.74, 6) is 1.81. The van der Waals surface area contributed by atoms with Crippen LogP contribution in [0.2, 0.25) is 0 Å². The third kappa shape index (κ3) is 42.1. The molecular formula is C72H131N3O13. The van der Waals surface area contributed by atoms with Gasteiger partial charge >= 0.3 is 0 Å². The van der Waals surface area contributed by atoms with Crippen LogP contribution in [0.15, 0.2) is 22.3 Å². The van der Waals surface area contributed by atoms with Crippen molar-refractivity contribution in [2.75, 3.05) is 125 Å². The van der Waals surface area contributed by atoms with Gasteiger partial charge in [-0.1, -0.05) is 123 Å². The molecule has 0 spiro atoms.